The van der Waals surface area contributed by atoms with Gasteiger partial charge >= 0.3 is 10.2 Å². The van der Waals surface area contributed by atoms with Crippen LogP contribution in [0.5, 0.6) is 0 Å². The van der Waals surface area contributed by atoms with Crippen LogP contribution in [0.25, 0.3) is 10.9 Å². The van der Waals surface area contributed by atoms with Crippen molar-refractivity contribution in [3.8, 4) is 0 Å². The van der Waals surface area contributed by atoms with Crippen molar-refractivity contribution in [3.63, 3.8) is 0 Å². The van der Waals surface area contributed by atoms with E-state index in [1.807, 2.05) is 17.0 Å². The van der Waals surface area contributed by atoms with E-state index in [9.17, 15) is 13.2 Å². The first kappa shape index (κ1) is 23.8. The van der Waals surface area contributed by atoms with Gasteiger partial charge in [0, 0.05) is 75.0 Å². The fraction of sp³-hybridized carbons (Fsp3) is 0.640. The Morgan fingerprint density at radius 2 is 1.85 bits per heavy atom. The van der Waals surface area contributed by atoms with Gasteiger partial charge in [0.25, 0.3) is 5.91 Å². The molecule has 3 aliphatic heterocycles. The molecule has 9 heteroatoms. The second kappa shape index (κ2) is 9.60. The summed E-state index contributed by atoms with van der Waals surface area (Å²) in [6.45, 7) is 8.99. The number of carbonyl (C=O) groups is 1. The summed E-state index contributed by atoms with van der Waals surface area (Å²) in [5, 5.41) is 0.879. The maximum atomic E-state index is 13.3. The summed E-state index contributed by atoms with van der Waals surface area (Å²) in [6.07, 6.45) is 4.72. The molecule has 0 saturated carbocycles. The number of amides is 1. The van der Waals surface area contributed by atoms with Gasteiger partial charge < -0.3 is 9.64 Å². The molecular weight excluding hydrogens is 452 g/mol. The highest BCUT2D eigenvalue weighted by molar-refractivity contribution is 7.88. The standard InChI is InChI=1S/C25H36N4O4S/c1-3-26-34(31,32)29-23-5-4-19(25(30)27-11-6-18(2)7-12-27)16-21(23)22-17-28(13-8-24(22)29)20-9-14-33-15-10-20/h4-5,16,18,20,26H,3,6-15,17H2,1-2H3. The van der Waals surface area contributed by atoms with Crippen LogP contribution in [0.2, 0.25) is 0 Å². The summed E-state index contributed by atoms with van der Waals surface area (Å²) >= 11 is 0. The van der Waals surface area contributed by atoms with Crippen LogP contribution >= 0.6 is 0 Å². The molecule has 0 aliphatic carbocycles. The summed E-state index contributed by atoms with van der Waals surface area (Å²) in [7, 11) is -3.70. The van der Waals surface area contributed by atoms with Crippen molar-refractivity contribution >= 4 is 27.0 Å². The molecule has 1 aromatic heterocycles. The number of hydrogen-bond acceptors (Lipinski definition) is 5. The highest BCUT2D eigenvalue weighted by atomic mass is 32.2. The molecule has 2 saturated heterocycles. The first-order valence-electron chi connectivity index (χ1n) is 12.7. The molecule has 5 rings (SSSR count). The number of benzene rings is 1. The molecule has 1 N–H and O–H groups in total. The SMILES string of the molecule is CCNS(=O)(=O)n1c2c(c3cc(C(=O)N4CCC(C)CC4)ccc31)CN(C1CCOCC1)CC2. The van der Waals surface area contributed by atoms with Crippen molar-refractivity contribution in [2.75, 3.05) is 39.4 Å². The van der Waals surface area contributed by atoms with Crippen molar-refractivity contribution in [1.29, 1.82) is 0 Å². The molecule has 0 spiro atoms. The highest BCUT2D eigenvalue weighted by Crippen LogP contribution is 2.35. The van der Waals surface area contributed by atoms with E-state index in [1.54, 1.807) is 13.0 Å². The monoisotopic (exact) mass is 488 g/mol. The van der Waals surface area contributed by atoms with E-state index in [4.69, 9.17) is 4.74 Å². The van der Waals surface area contributed by atoms with Crippen LogP contribution < -0.4 is 4.72 Å². The van der Waals surface area contributed by atoms with Crippen LogP contribution in [0, 0.1) is 5.92 Å². The van der Waals surface area contributed by atoms with Crippen molar-refractivity contribution in [3.05, 3.63) is 35.0 Å². The highest BCUT2D eigenvalue weighted by Gasteiger charge is 2.33. The molecule has 2 aromatic rings. The minimum Gasteiger partial charge on any atom is -0.381 e. The number of nitrogens with one attached hydrogen (secondary N) is 1. The normalized spacial score (nSPS) is 21.2. The van der Waals surface area contributed by atoms with Crippen LogP contribution in [0.4, 0.5) is 0 Å². The zero-order chi connectivity index (χ0) is 23.9. The molecule has 1 aromatic carbocycles. The van der Waals surface area contributed by atoms with Gasteiger partial charge in [-0.25, -0.2) is 3.97 Å². The lowest BCUT2D eigenvalue weighted by Gasteiger charge is -2.37. The third-order valence-corrected chi connectivity index (χ3v) is 9.27. The Morgan fingerprint density at radius 3 is 2.56 bits per heavy atom. The minimum absolute atomic E-state index is 0.0435. The van der Waals surface area contributed by atoms with E-state index >= 15 is 0 Å². The Kier molecular flexibility index (Phi) is 6.72. The van der Waals surface area contributed by atoms with Crippen molar-refractivity contribution in [2.45, 2.75) is 58.5 Å². The molecule has 0 radical (unpaired) electrons. The van der Waals surface area contributed by atoms with Crippen LogP contribution in [0.3, 0.4) is 0 Å². The molecule has 4 heterocycles. The summed E-state index contributed by atoms with van der Waals surface area (Å²) in [5.41, 5.74) is 3.18. The zero-order valence-electron chi connectivity index (χ0n) is 20.3. The first-order valence-corrected chi connectivity index (χ1v) is 14.1. The van der Waals surface area contributed by atoms with E-state index in [0.29, 0.717) is 42.6 Å². The van der Waals surface area contributed by atoms with Gasteiger partial charge in [-0.15, -0.1) is 0 Å². The van der Waals surface area contributed by atoms with Crippen molar-refractivity contribution < 1.29 is 17.9 Å². The van der Waals surface area contributed by atoms with Gasteiger partial charge in [-0.1, -0.05) is 13.8 Å². The minimum atomic E-state index is -3.70. The molecule has 3 aliphatic rings. The summed E-state index contributed by atoms with van der Waals surface area (Å²) in [6, 6.07) is 5.99. The average molecular weight is 489 g/mol. The number of carbonyl (C=O) groups excluding carboxylic acids is 1. The summed E-state index contributed by atoms with van der Waals surface area (Å²) < 4.78 is 36.1. The molecule has 1 amide bonds. The third-order valence-electron chi connectivity index (χ3n) is 7.72. The van der Waals surface area contributed by atoms with E-state index in [0.717, 1.165) is 75.2 Å². The predicted octanol–water partition coefficient (Wildman–Crippen LogP) is 2.75. The Labute approximate surface area is 202 Å². The average Bonchev–Trinajstić information content (AvgIpc) is 3.18. The number of nitrogens with zero attached hydrogens (tertiary/aromatic N) is 3. The second-order valence-electron chi connectivity index (χ2n) is 9.96. The van der Waals surface area contributed by atoms with Gasteiger partial charge in [-0.05, 0) is 55.4 Å². The maximum absolute atomic E-state index is 13.3. The topological polar surface area (TPSA) is 83.9 Å². The first-order chi connectivity index (χ1) is 16.4. The van der Waals surface area contributed by atoms with Crippen molar-refractivity contribution in [1.82, 2.24) is 18.5 Å². The van der Waals surface area contributed by atoms with E-state index in [2.05, 4.69) is 16.5 Å². The van der Waals surface area contributed by atoms with E-state index < -0.39 is 10.2 Å². The number of aromatic nitrogens is 1. The molecule has 34 heavy (non-hydrogen) atoms. The quantitative estimate of drug-likeness (QED) is 0.700. The van der Waals surface area contributed by atoms with E-state index in [1.165, 1.54) is 3.97 Å². The van der Waals surface area contributed by atoms with Crippen LogP contribution in [0.1, 0.15) is 61.1 Å². The third kappa shape index (κ3) is 4.39. The second-order valence-corrected chi connectivity index (χ2v) is 11.6. The number of ether oxygens (including phenoxy) is 1. The van der Waals surface area contributed by atoms with Crippen LogP contribution in [0.15, 0.2) is 18.2 Å². The molecule has 186 valence electrons. The van der Waals surface area contributed by atoms with Gasteiger partial charge in [0.15, 0.2) is 0 Å². The number of piperidine rings is 1. The van der Waals surface area contributed by atoms with Crippen molar-refractivity contribution in [2.24, 2.45) is 5.92 Å². The molecule has 2 fully saturated rings. The lowest BCUT2D eigenvalue weighted by molar-refractivity contribution is 0.0290. The zero-order valence-corrected chi connectivity index (χ0v) is 21.1. The van der Waals surface area contributed by atoms with Gasteiger partial charge in [0.1, 0.15) is 0 Å². The number of likely N-dealkylation sites (tertiary alicyclic amines) is 1. The van der Waals surface area contributed by atoms with Crippen LogP contribution in [-0.4, -0.2) is 73.5 Å². The molecule has 0 atom stereocenters. The molecular formula is C25H36N4O4S. The van der Waals surface area contributed by atoms with Crippen LogP contribution in [-0.2, 0) is 27.9 Å². The largest absolute Gasteiger partial charge is 0.381 e. The Hall–Kier alpha value is -1.94. The summed E-state index contributed by atoms with van der Waals surface area (Å²) in [5.74, 6) is 0.696. The Morgan fingerprint density at radius 1 is 1.12 bits per heavy atom. The predicted molar refractivity (Wildman–Crippen MR) is 132 cm³/mol. The Bertz CT molecular complexity index is 1160. The summed E-state index contributed by atoms with van der Waals surface area (Å²) in [4.78, 5) is 17.7. The smallest absolute Gasteiger partial charge is 0.305 e. The fourth-order valence-corrected chi connectivity index (χ4v) is 7.15. The van der Waals surface area contributed by atoms with E-state index in [-0.39, 0.29) is 5.91 Å². The van der Waals surface area contributed by atoms with Gasteiger partial charge in [0.2, 0.25) is 0 Å². The van der Waals surface area contributed by atoms with Gasteiger partial charge in [-0.3, -0.25) is 9.69 Å². The molecule has 0 bridgehead atoms. The number of rotatable bonds is 5. The maximum Gasteiger partial charge on any atom is 0.305 e. The Balaban J connectivity index is 1.55. The van der Waals surface area contributed by atoms with Gasteiger partial charge in [-0.2, -0.15) is 13.1 Å². The number of hydrogen-bond donors (Lipinski definition) is 1. The lowest BCUT2D eigenvalue weighted by atomic mass is 9.97. The van der Waals surface area contributed by atoms with Gasteiger partial charge in [0.05, 0.1) is 5.52 Å². The number of fused-ring (bicyclic) bond motifs is 3. The molecule has 8 nitrogen and oxygen atoms in total. The fourth-order valence-electron chi connectivity index (χ4n) is 5.75. The molecule has 0 unspecified atom stereocenters. The lowest BCUT2D eigenvalue weighted by Crippen LogP contribution is -2.43.